The molecule has 8 atom stereocenters. The van der Waals surface area contributed by atoms with Gasteiger partial charge in [0.1, 0.15) is 30.2 Å². The lowest BCUT2D eigenvalue weighted by molar-refractivity contribution is -0.309. The molecule has 2 aliphatic rings. The summed E-state index contributed by atoms with van der Waals surface area (Å²) in [6.45, 7) is 2.68. The van der Waals surface area contributed by atoms with Crippen molar-refractivity contribution in [2.45, 2.75) is 69.4 Å². The van der Waals surface area contributed by atoms with E-state index in [1.807, 2.05) is 6.92 Å². The molecular weight excluding hydrogens is 320 g/mol. The Morgan fingerprint density at radius 3 is 2.46 bits per heavy atom. The third kappa shape index (κ3) is 4.13. The minimum Gasteiger partial charge on any atom is -0.394 e. The SMILES string of the molecule is C[C@H]1CC[C@H](C(C)(O)CO[C@@H]2O[C@H](CO)[C@@H](O)[C@H](O)[C@H]2O)CC1=O. The summed E-state index contributed by atoms with van der Waals surface area (Å²) in [6, 6.07) is 0. The van der Waals surface area contributed by atoms with Crippen LogP contribution in [0.1, 0.15) is 33.1 Å². The number of aliphatic hydroxyl groups excluding tert-OH is 4. The molecule has 1 saturated carbocycles. The summed E-state index contributed by atoms with van der Waals surface area (Å²) in [5.41, 5.74) is -1.30. The van der Waals surface area contributed by atoms with Crippen molar-refractivity contribution in [1.82, 2.24) is 0 Å². The maximum Gasteiger partial charge on any atom is 0.186 e. The van der Waals surface area contributed by atoms with E-state index in [-0.39, 0.29) is 30.6 Å². The van der Waals surface area contributed by atoms with Gasteiger partial charge in [0.2, 0.25) is 0 Å². The number of Topliss-reactive ketones (excluding diaryl/α,β-unsaturated/α-hetero) is 1. The van der Waals surface area contributed by atoms with E-state index in [2.05, 4.69) is 0 Å². The van der Waals surface area contributed by atoms with Gasteiger partial charge in [-0.25, -0.2) is 0 Å². The van der Waals surface area contributed by atoms with Crippen LogP contribution in [-0.2, 0) is 14.3 Å². The first-order valence-electron chi connectivity index (χ1n) is 8.34. The fraction of sp³-hybridized carbons (Fsp3) is 0.938. The summed E-state index contributed by atoms with van der Waals surface area (Å²) in [5.74, 6) is -0.145. The Morgan fingerprint density at radius 1 is 1.21 bits per heavy atom. The summed E-state index contributed by atoms with van der Waals surface area (Å²) in [5, 5.41) is 49.2. The second-order valence-electron chi connectivity index (χ2n) is 7.21. The van der Waals surface area contributed by atoms with E-state index < -0.39 is 42.9 Å². The van der Waals surface area contributed by atoms with Crippen LogP contribution in [0.2, 0.25) is 0 Å². The maximum absolute atomic E-state index is 11.9. The Balaban J connectivity index is 1.94. The Labute approximate surface area is 141 Å². The largest absolute Gasteiger partial charge is 0.394 e. The number of carbonyl (C=O) groups excluding carboxylic acids is 1. The molecule has 1 saturated heterocycles. The topological polar surface area (TPSA) is 137 Å². The van der Waals surface area contributed by atoms with Crippen LogP contribution in [0.4, 0.5) is 0 Å². The molecule has 2 fully saturated rings. The standard InChI is InChI=1S/C16H28O8/c1-8-3-4-9(5-10(8)18)16(2,22)7-23-15-14(21)13(20)12(19)11(6-17)24-15/h8-9,11-15,17,19-22H,3-7H2,1-2H3/t8-,9-,11+,12+,13-,14+,15+,16?/m0/s1. The molecule has 140 valence electrons. The summed E-state index contributed by atoms with van der Waals surface area (Å²) in [4.78, 5) is 11.9. The lowest BCUT2D eigenvalue weighted by atomic mass is 9.74. The monoisotopic (exact) mass is 348 g/mol. The van der Waals surface area contributed by atoms with E-state index >= 15 is 0 Å². The summed E-state index contributed by atoms with van der Waals surface area (Å²) < 4.78 is 10.7. The Hall–Kier alpha value is -0.610. The van der Waals surface area contributed by atoms with Crippen molar-refractivity contribution >= 4 is 5.78 Å². The summed E-state index contributed by atoms with van der Waals surface area (Å²) in [7, 11) is 0. The number of hydrogen-bond donors (Lipinski definition) is 5. The predicted molar refractivity (Wildman–Crippen MR) is 81.9 cm³/mol. The highest BCUT2D eigenvalue weighted by atomic mass is 16.7. The van der Waals surface area contributed by atoms with Crippen molar-refractivity contribution in [2.75, 3.05) is 13.2 Å². The molecule has 2 rings (SSSR count). The number of rotatable bonds is 5. The second-order valence-corrected chi connectivity index (χ2v) is 7.21. The zero-order valence-electron chi connectivity index (χ0n) is 14.0. The minimum absolute atomic E-state index is 0.00316. The zero-order valence-corrected chi connectivity index (χ0v) is 14.0. The van der Waals surface area contributed by atoms with E-state index in [0.29, 0.717) is 12.8 Å². The third-order valence-electron chi connectivity index (χ3n) is 5.21. The van der Waals surface area contributed by atoms with E-state index in [1.54, 1.807) is 6.92 Å². The van der Waals surface area contributed by atoms with Gasteiger partial charge in [-0.05, 0) is 25.7 Å². The lowest BCUT2D eigenvalue weighted by Gasteiger charge is -2.42. The normalized spacial score (nSPS) is 43.5. The van der Waals surface area contributed by atoms with E-state index in [9.17, 15) is 25.2 Å². The van der Waals surface area contributed by atoms with E-state index in [4.69, 9.17) is 14.6 Å². The van der Waals surface area contributed by atoms with Crippen LogP contribution in [0.3, 0.4) is 0 Å². The van der Waals surface area contributed by atoms with Crippen LogP contribution in [0.15, 0.2) is 0 Å². The van der Waals surface area contributed by atoms with Crippen LogP contribution in [0.5, 0.6) is 0 Å². The van der Waals surface area contributed by atoms with Crippen LogP contribution < -0.4 is 0 Å². The quantitative estimate of drug-likeness (QED) is 0.407. The number of ether oxygens (including phenoxy) is 2. The second kappa shape index (κ2) is 7.74. The molecule has 0 aromatic carbocycles. The molecular formula is C16H28O8. The van der Waals surface area contributed by atoms with Gasteiger partial charge in [-0.1, -0.05) is 6.92 Å². The van der Waals surface area contributed by atoms with Crippen LogP contribution >= 0.6 is 0 Å². The van der Waals surface area contributed by atoms with Crippen molar-refractivity contribution in [3.8, 4) is 0 Å². The molecule has 0 aromatic heterocycles. The average molecular weight is 348 g/mol. The molecule has 8 nitrogen and oxygen atoms in total. The molecule has 1 heterocycles. The Kier molecular flexibility index (Phi) is 6.35. The lowest BCUT2D eigenvalue weighted by Crippen LogP contribution is -2.60. The highest BCUT2D eigenvalue weighted by molar-refractivity contribution is 5.81. The molecule has 0 spiro atoms. The fourth-order valence-corrected chi connectivity index (χ4v) is 3.26. The Bertz CT molecular complexity index is 438. The highest BCUT2D eigenvalue weighted by Crippen LogP contribution is 2.34. The minimum atomic E-state index is -1.53. The molecule has 0 amide bonds. The van der Waals surface area contributed by atoms with Gasteiger partial charge in [-0.15, -0.1) is 0 Å². The van der Waals surface area contributed by atoms with Crippen molar-refractivity contribution in [3.63, 3.8) is 0 Å². The van der Waals surface area contributed by atoms with Gasteiger partial charge in [-0.3, -0.25) is 4.79 Å². The number of ketones is 1. The van der Waals surface area contributed by atoms with Crippen LogP contribution in [-0.4, -0.2) is 80.8 Å². The predicted octanol–water partition coefficient (Wildman–Crippen LogP) is -1.44. The van der Waals surface area contributed by atoms with Gasteiger partial charge in [0.05, 0.1) is 18.8 Å². The van der Waals surface area contributed by atoms with Crippen molar-refractivity contribution in [3.05, 3.63) is 0 Å². The Morgan fingerprint density at radius 2 is 1.88 bits per heavy atom. The van der Waals surface area contributed by atoms with Gasteiger partial charge in [0.15, 0.2) is 6.29 Å². The van der Waals surface area contributed by atoms with Gasteiger partial charge in [0, 0.05) is 12.3 Å². The first kappa shape index (κ1) is 19.7. The molecule has 1 aliphatic heterocycles. The molecule has 1 aliphatic carbocycles. The number of carbonyl (C=O) groups is 1. The number of hydrogen-bond acceptors (Lipinski definition) is 8. The third-order valence-corrected chi connectivity index (χ3v) is 5.21. The first-order valence-corrected chi connectivity index (χ1v) is 8.34. The molecule has 1 unspecified atom stereocenters. The van der Waals surface area contributed by atoms with E-state index in [1.165, 1.54) is 0 Å². The summed E-state index contributed by atoms with van der Waals surface area (Å²) in [6.07, 6.45) is -5.16. The molecule has 0 radical (unpaired) electrons. The molecule has 0 aromatic rings. The van der Waals surface area contributed by atoms with Gasteiger partial charge in [-0.2, -0.15) is 0 Å². The molecule has 24 heavy (non-hydrogen) atoms. The van der Waals surface area contributed by atoms with Crippen molar-refractivity contribution in [2.24, 2.45) is 11.8 Å². The average Bonchev–Trinajstić information content (AvgIpc) is 2.54. The van der Waals surface area contributed by atoms with Crippen molar-refractivity contribution < 1.29 is 39.8 Å². The molecule has 0 bridgehead atoms. The van der Waals surface area contributed by atoms with Gasteiger partial charge in [0.25, 0.3) is 0 Å². The summed E-state index contributed by atoms with van der Waals surface area (Å²) >= 11 is 0. The fourth-order valence-electron chi connectivity index (χ4n) is 3.26. The first-order chi connectivity index (χ1) is 11.2. The maximum atomic E-state index is 11.9. The van der Waals surface area contributed by atoms with Crippen molar-refractivity contribution in [1.29, 1.82) is 0 Å². The zero-order chi connectivity index (χ0) is 18.1. The van der Waals surface area contributed by atoms with E-state index in [0.717, 1.165) is 0 Å². The molecule has 8 heteroatoms. The van der Waals surface area contributed by atoms with Crippen LogP contribution in [0, 0.1) is 11.8 Å². The van der Waals surface area contributed by atoms with Gasteiger partial charge >= 0.3 is 0 Å². The molecule has 5 N–H and O–H groups in total. The smallest absolute Gasteiger partial charge is 0.186 e. The van der Waals surface area contributed by atoms with Gasteiger partial charge < -0.3 is 35.0 Å². The van der Waals surface area contributed by atoms with Crippen LogP contribution in [0.25, 0.3) is 0 Å². The highest BCUT2D eigenvalue weighted by Gasteiger charge is 2.45. The number of aliphatic hydroxyl groups is 5.